The number of ether oxygens (including phenoxy) is 2. The molecule has 0 bridgehead atoms. The van der Waals surface area contributed by atoms with Crippen molar-refractivity contribution in [2.24, 2.45) is 0 Å². The molecule has 0 aliphatic carbocycles. The summed E-state index contributed by atoms with van der Waals surface area (Å²) in [5, 5.41) is 3.31. The lowest BCUT2D eigenvalue weighted by Crippen LogP contribution is -2.43. The molecule has 17 heavy (non-hydrogen) atoms. The van der Waals surface area contributed by atoms with Gasteiger partial charge in [-0.05, 0) is 0 Å². The Bertz CT molecular complexity index is 366. The maximum Gasteiger partial charge on any atom is 0.260 e. The van der Waals surface area contributed by atoms with Crippen LogP contribution in [-0.4, -0.2) is 55.3 Å². The molecule has 94 valence electrons. The van der Waals surface area contributed by atoms with Crippen molar-refractivity contribution in [3.8, 4) is 11.6 Å². The van der Waals surface area contributed by atoms with E-state index < -0.39 is 0 Å². The second-order valence-electron chi connectivity index (χ2n) is 3.89. The summed E-state index contributed by atoms with van der Waals surface area (Å²) in [6.07, 6.45) is 1.66. The molecule has 1 aromatic rings. The van der Waals surface area contributed by atoms with Gasteiger partial charge in [-0.25, -0.2) is 4.98 Å². The number of nitrogens with zero attached hydrogens (tertiary/aromatic N) is 3. The molecule has 1 N–H and O–H groups in total. The number of piperazine rings is 1. The first-order valence-corrected chi connectivity index (χ1v) is 5.70. The van der Waals surface area contributed by atoms with E-state index in [0.717, 1.165) is 38.5 Å². The monoisotopic (exact) mass is 238 g/mol. The van der Waals surface area contributed by atoms with Gasteiger partial charge >= 0.3 is 0 Å². The van der Waals surface area contributed by atoms with Crippen molar-refractivity contribution in [3.63, 3.8) is 0 Å². The molecule has 0 atom stereocenters. The Balaban J connectivity index is 2.05. The topological polar surface area (TPSA) is 59.5 Å². The molecule has 1 aliphatic rings. The lowest BCUT2D eigenvalue weighted by Gasteiger charge is -2.26. The highest BCUT2D eigenvalue weighted by Crippen LogP contribution is 2.22. The SMILES string of the molecule is COc1cnc(CN2CCNCC2)nc1OC. The smallest absolute Gasteiger partial charge is 0.260 e. The molecule has 0 radical (unpaired) electrons. The third kappa shape index (κ3) is 3.04. The van der Waals surface area contributed by atoms with E-state index in [-0.39, 0.29) is 0 Å². The summed E-state index contributed by atoms with van der Waals surface area (Å²) < 4.78 is 10.3. The Morgan fingerprint density at radius 3 is 2.71 bits per heavy atom. The number of aromatic nitrogens is 2. The van der Waals surface area contributed by atoms with Gasteiger partial charge in [0.1, 0.15) is 5.82 Å². The van der Waals surface area contributed by atoms with Gasteiger partial charge in [-0.3, -0.25) is 4.90 Å². The molecule has 0 spiro atoms. The first-order chi connectivity index (χ1) is 8.33. The van der Waals surface area contributed by atoms with Gasteiger partial charge < -0.3 is 14.8 Å². The molecule has 0 aromatic carbocycles. The fourth-order valence-electron chi connectivity index (χ4n) is 1.82. The highest BCUT2D eigenvalue weighted by atomic mass is 16.5. The third-order valence-corrected chi connectivity index (χ3v) is 2.76. The molecule has 1 aromatic heterocycles. The molecule has 1 aliphatic heterocycles. The zero-order valence-corrected chi connectivity index (χ0v) is 10.3. The molecule has 6 nitrogen and oxygen atoms in total. The summed E-state index contributed by atoms with van der Waals surface area (Å²) in [5.41, 5.74) is 0. The van der Waals surface area contributed by atoms with E-state index >= 15 is 0 Å². The molecule has 0 saturated carbocycles. The summed E-state index contributed by atoms with van der Waals surface area (Å²) in [5.74, 6) is 1.83. The van der Waals surface area contributed by atoms with Crippen molar-refractivity contribution in [1.29, 1.82) is 0 Å². The van der Waals surface area contributed by atoms with E-state index in [1.807, 2.05) is 0 Å². The Hall–Kier alpha value is -1.40. The van der Waals surface area contributed by atoms with E-state index in [9.17, 15) is 0 Å². The standard InChI is InChI=1S/C11H18N4O2/c1-16-9-7-13-10(14-11(9)17-2)8-15-5-3-12-4-6-15/h7,12H,3-6,8H2,1-2H3. The van der Waals surface area contributed by atoms with E-state index in [2.05, 4.69) is 20.2 Å². The van der Waals surface area contributed by atoms with Gasteiger partial charge in [0.15, 0.2) is 5.75 Å². The van der Waals surface area contributed by atoms with Crippen LogP contribution in [0.1, 0.15) is 5.82 Å². The minimum Gasteiger partial charge on any atom is -0.490 e. The molecule has 0 unspecified atom stereocenters. The van der Waals surface area contributed by atoms with E-state index in [4.69, 9.17) is 9.47 Å². The van der Waals surface area contributed by atoms with E-state index in [1.54, 1.807) is 20.4 Å². The number of nitrogens with one attached hydrogen (secondary N) is 1. The zero-order valence-electron chi connectivity index (χ0n) is 10.3. The van der Waals surface area contributed by atoms with Gasteiger partial charge in [0.25, 0.3) is 5.88 Å². The fourth-order valence-corrected chi connectivity index (χ4v) is 1.82. The summed E-state index contributed by atoms with van der Waals surface area (Å²) in [7, 11) is 3.16. The number of hydrogen-bond acceptors (Lipinski definition) is 6. The normalized spacial score (nSPS) is 16.8. The Kier molecular flexibility index (Phi) is 4.11. The van der Waals surface area contributed by atoms with Crippen LogP contribution in [0, 0.1) is 0 Å². The van der Waals surface area contributed by atoms with Crippen molar-refractivity contribution in [3.05, 3.63) is 12.0 Å². The fraction of sp³-hybridized carbons (Fsp3) is 0.636. The van der Waals surface area contributed by atoms with Gasteiger partial charge in [-0.2, -0.15) is 4.98 Å². The van der Waals surface area contributed by atoms with Crippen LogP contribution in [0.25, 0.3) is 0 Å². The summed E-state index contributed by atoms with van der Waals surface area (Å²) in [6.45, 7) is 4.85. The van der Waals surface area contributed by atoms with Crippen molar-refractivity contribution in [2.45, 2.75) is 6.54 Å². The average Bonchev–Trinajstić information content (AvgIpc) is 2.40. The van der Waals surface area contributed by atoms with E-state index in [1.165, 1.54) is 0 Å². The molecular weight excluding hydrogens is 220 g/mol. The Labute approximate surface area is 101 Å². The van der Waals surface area contributed by atoms with Crippen molar-refractivity contribution in [1.82, 2.24) is 20.2 Å². The Morgan fingerprint density at radius 1 is 1.29 bits per heavy atom. The van der Waals surface area contributed by atoms with Crippen LogP contribution in [0.3, 0.4) is 0 Å². The molecule has 1 saturated heterocycles. The van der Waals surface area contributed by atoms with Gasteiger partial charge in [0, 0.05) is 26.2 Å². The van der Waals surface area contributed by atoms with Gasteiger partial charge in [0.05, 0.1) is 27.0 Å². The van der Waals surface area contributed by atoms with E-state index in [0.29, 0.717) is 11.6 Å². The van der Waals surface area contributed by atoms with Gasteiger partial charge in [0.2, 0.25) is 0 Å². The van der Waals surface area contributed by atoms with Crippen molar-refractivity contribution < 1.29 is 9.47 Å². The van der Waals surface area contributed by atoms with Crippen LogP contribution in [0.15, 0.2) is 6.20 Å². The second kappa shape index (κ2) is 5.79. The van der Waals surface area contributed by atoms with Crippen LogP contribution in [0.4, 0.5) is 0 Å². The van der Waals surface area contributed by atoms with Crippen LogP contribution in [-0.2, 0) is 6.54 Å². The number of methoxy groups -OCH3 is 2. The van der Waals surface area contributed by atoms with Gasteiger partial charge in [-0.15, -0.1) is 0 Å². The first-order valence-electron chi connectivity index (χ1n) is 5.70. The lowest BCUT2D eigenvalue weighted by atomic mass is 10.3. The first kappa shape index (κ1) is 12.1. The predicted molar refractivity (Wildman–Crippen MR) is 63.3 cm³/mol. The van der Waals surface area contributed by atoms with Crippen molar-refractivity contribution >= 4 is 0 Å². The average molecular weight is 238 g/mol. The molecule has 2 heterocycles. The molecular formula is C11H18N4O2. The maximum atomic E-state index is 5.16. The third-order valence-electron chi connectivity index (χ3n) is 2.76. The molecule has 1 fully saturated rings. The maximum absolute atomic E-state index is 5.16. The van der Waals surface area contributed by atoms with Crippen LogP contribution >= 0.6 is 0 Å². The van der Waals surface area contributed by atoms with Crippen LogP contribution < -0.4 is 14.8 Å². The van der Waals surface area contributed by atoms with Crippen LogP contribution in [0.5, 0.6) is 11.6 Å². The summed E-state index contributed by atoms with van der Waals surface area (Å²) in [6, 6.07) is 0. The summed E-state index contributed by atoms with van der Waals surface area (Å²) in [4.78, 5) is 10.9. The molecule has 6 heteroatoms. The quantitative estimate of drug-likeness (QED) is 0.790. The number of rotatable bonds is 4. The van der Waals surface area contributed by atoms with Gasteiger partial charge in [-0.1, -0.05) is 0 Å². The second-order valence-corrected chi connectivity index (χ2v) is 3.89. The largest absolute Gasteiger partial charge is 0.490 e. The zero-order chi connectivity index (χ0) is 12.1. The Morgan fingerprint density at radius 2 is 2.06 bits per heavy atom. The minimum absolute atomic E-state index is 0.493. The minimum atomic E-state index is 0.493. The number of hydrogen-bond donors (Lipinski definition) is 1. The predicted octanol–water partition coefficient (Wildman–Crippen LogP) is -0.101. The highest BCUT2D eigenvalue weighted by molar-refractivity contribution is 5.30. The molecule has 0 amide bonds. The lowest BCUT2D eigenvalue weighted by molar-refractivity contribution is 0.226. The van der Waals surface area contributed by atoms with Crippen molar-refractivity contribution in [2.75, 3.05) is 40.4 Å². The highest BCUT2D eigenvalue weighted by Gasteiger charge is 2.13. The molecule has 2 rings (SSSR count). The van der Waals surface area contributed by atoms with Crippen LogP contribution in [0.2, 0.25) is 0 Å². The summed E-state index contributed by atoms with van der Waals surface area (Å²) >= 11 is 0.